The number of likely N-dealkylation sites (tertiary alicyclic amines) is 1. The summed E-state index contributed by atoms with van der Waals surface area (Å²) in [5, 5.41) is 7.56. The third-order valence-corrected chi connectivity index (χ3v) is 5.14. The molecule has 1 fully saturated rings. The van der Waals surface area contributed by atoms with Gasteiger partial charge in [-0.25, -0.2) is 0 Å². The van der Waals surface area contributed by atoms with Crippen molar-refractivity contribution in [2.24, 2.45) is 0 Å². The van der Waals surface area contributed by atoms with Crippen LogP contribution in [0.1, 0.15) is 48.7 Å². The summed E-state index contributed by atoms with van der Waals surface area (Å²) in [5.74, 6) is -0.102. The highest BCUT2D eigenvalue weighted by Gasteiger charge is 2.17. The van der Waals surface area contributed by atoms with E-state index in [2.05, 4.69) is 22.5 Å². The Morgan fingerprint density at radius 2 is 2.17 bits per heavy atom. The second-order valence-electron chi connectivity index (χ2n) is 6.07. The van der Waals surface area contributed by atoms with E-state index in [1.807, 2.05) is 11.4 Å². The van der Waals surface area contributed by atoms with Crippen LogP contribution in [-0.4, -0.2) is 48.9 Å². The van der Waals surface area contributed by atoms with Crippen LogP contribution in [0, 0.1) is 0 Å². The minimum absolute atomic E-state index is 0.00294. The lowest BCUT2D eigenvalue weighted by Gasteiger charge is -2.33. The average molecular weight is 337 g/mol. The lowest BCUT2D eigenvalue weighted by Crippen LogP contribution is -2.39. The van der Waals surface area contributed by atoms with Crippen LogP contribution in [0.15, 0.2) is 17.5 Å². The molecule has 2 amide bonds. The maximum Gasteiger partial charge on any atom is 0.261 e. The van der Waals surface area contributed by atoms with Gasteiger partial charge in [0.15, 0.2) is 0 Å². The van der Waals surface area contributed by atoms with Gasteiger partial charge >= 0.3 is 0 Å². The lowest BCUT2D eigenvalue weighted by molar-refractivity contribution is -0.120. The predicted octanol–water partition coefficient (Wildman–Crippen LogP) is 2.25. The maximum atomic E-state index is 11.8. The van der Waals surface area contributed by atoms with Gasteiger partial charge in [-0.15, -0.1) is 11.3 Å². The molecule has 1 unspecified atom stereocenters. The molecule has 5 nitrogen and oxygen atoms in total. The number of nitrogens with zero attached hydrogens (tertiary/aromatic N) is 1. The summed E-state index contributed by atoms with van der Waals surface area (Å²) in [6.07, 6.45) is 5.23. The summed E-state index contributed by atoms with van der Waals surface area (Å²) in [6, 6.07) is 4.30. The number of carbonyl (C=O) groups is 2. The van der Waals surface area contributed by atoms with Crippen LogP contribution >= 0.6 is 11.3 Å². The van der Waals surface area contributed by atoms with Crippen molar-refractivity contribution in [3.05, 3.63) is 22.4 Å². The summed E-state index contributed by atoms with van der Waals surface area (Å²) < 4.78 is 0. The minimum Gasteiger partial charge on any atom is -0.356 e. The van der Waals surface area contributed by atoms with E-state index in [1.54, 1.807) is 6.07 Å². The quantitative estimate of drug-likeness (QED) is 0.715. The van der Waals surface area contributed by atoms with Crippen molar-refractivity contribution in [1.29, 1.82) is 0 Å². The molecule has 2 N–H and O–H groups in total. The smallest absolute Gasteiger partial charge is 0.261 e. The van der Waals surface area contributed by atoms with E-state index in [0.29, 0.717) is 30.4 Å². The van der Waals surface area contributed by atoms with Crippen LogP contribution in [0.25, 0.3) is 0 Å². The number of carbonyl (C=O) groups excluding carboxylic acids is 2. The molecule has 2 rings (SSSR count). The molecular formula is C17H27N3O2S. The van der Waals surface area contributed by atoms with Gasteiger partial charge in [-0.2, -0.15) is 0 Å². The molecule has 2 heterocycles. The third kappa shape index (κ3) is 6.31. The van der Waals surface area contributed by atoms with Gasteiger partial charge in [-0.3, -0.25) is 9.59 Å². The summed E-state index contributed by atoms with van der Waals surface area (Å²) in [6.45, 7) is 5.61. The second kappa shape index (κ2) is 9.67. The van der Waals surface area contributed by atoms with Crippen LogP contribution in [0.3, 0.4) is 0 Å². The van der Waals surface area contributed by atoms with Gasteiger partial charge in [0.1, 0.15) is 0 Å². The highest BCUT2D eigenvalue weighted by Crippen LogP contribution is 2.16. The molecule has 0 radical (unpaired) electrons. The number of hydrogen-bond acceptors (Lipinski definition) is 4. The Bertz CT molecular complexity index is 490. The van der Waals surface area contributed by atoms with Gasteiger partial charge in [0.25, 0.3) is 5.91 Å². The van der Waals surface area contributed by atoms with Crippen molar-refractivity contribution in [3.63, 3.8) is 0 Å². The van der Waals surface area contributed by atoms with E-state index < -0.39 is 0 Å². The SMILES string of the molecule is CC1CCCCN1CCCNC(=O)CCNC(=O)c1cccs1. The van der Waals surface area contributed by atoms with E-state index in [1.165, 1.54) is 37.1 Å². The fourth-order valence-electron chi connectivity index (χ4n) is 2.87. The Morgan fingerprint density at radius 1 is 1.30 bits per heavy atom. The number of thiophene rings is 1. The van der Waals surface area contributed by atoms with E-state index in [0.717, 1.165) is 13.0 Å². The molecule has 0 saturated carbocycles. The highest BCUT2D eigenvalue weighted by atomic mass is 32.1. The first-order valence-electron chi connectivity index (χ1n) is 8.49. The van der Waals surface area contributed by atoms with Crippen molar-refractivity contribution in [2.45, 2.75) is 45.1 Å². The van der Waals surface area contributed by atoms with E-state index >= 15 is 0 Å². The Labute approximate surface area is 142 Å². The molecule has 128 valence electrons. The zero-order chi connectivity index (χ0) is 16.5. The molecule has 6 heteroatoms. The largest absolute Gasteiger partial charge is 0.356 e. The Hall–Kier alpha value is -1.40. The number of amides is 2. The zero-order valence-electron chi connectivity index (χ0n) is 13.8. The number of hydrogen-bond donors (Lipinski definition) is 2. The minimum atomic E-state index is -0.105. The summed E-state index contributed by atoms with van der Waals surface area (Å²) >= 11 is 1.40. The van der Waals surface area contributed by atoms with Gasteiger partial charge in [0.2, 0.25) is 5.91 Å². The molecule has 23 heavy (non-hydrogen) atoms. The average Bonchev–Trinajstić information content (AvgIpc) is 3.07. The Balaban J connectivity index is 1.51. The fraction of sp³-hybridized carbons (Fsp3) is 0.647. The molecule has 1 aliphatic rings. The maximum absolute atomic E-state index is 11.8. The zero-order valence-corrected chi connectivity index (χ0v) is 14.7. The summed E-state index contributed by atoms with van der Waals surface area (Å²) in [5.41, 5.74) is 0. The first-order chi connectivity index (χ1) is 11.2. The monoisotopic (exact) mass is 337 g/mol. The molecule has 0 aromatic carbocycles. The third-order valence-electron chi connectivity index (χ3n) is 4.27. The Morgan fingerprint density at radius 3 is 2.91 bits per heavy atom. The van der Waals surface area contributed by atoms with Gasteiger partial charge in [0, 0.05) is 32.1 Å². The van der Waals surface area contributed by atoms with Crippen LogP contribution in [0.2, 0.25) is 0 Å². The summed E-state index contributed by atoms with van der Waals surface area (Å²) in [4.78, 5) is 26.7. The molecule has 1 aromatic heterocycles. The van der Waals surface area contributed by atoms with Gasteiger partial charge in [0.05, 0.1) is 4.88 Å². The first-order valence-corrected chi connectivity index (χ1v) is 9.37. The fourth-order valence-corrected chi connectivity index (χ4v) is 3.51. The van der Waals surface area contributed by atoms with Crippen molar-refractivity contribution in [2.75, 3.05) is 26.2 Å². The van der Waals surface area contributed by atoms with Crippen molar-refractivity contribution >= 4 is 23.2 Å². The highest BCUT2D eigenvalue weighted by molar-refractivity contribution is 7.12. The number of nitrogens with one attached hydrogen (secondary N) is 2. The lowest BCUT2D eigenvalue weighted by atomic mass is 10.0. The number of rotatable bonds is 8. The topological polar surface area (TPSA) is 61.4 Å². The van der Waals surface area contributed by atoms with Gasteiger partial charge < -0.3 is 15.5 Å². The van der Waals surface area contributed by atoms with Crippen LogP contribution < -0.4 is 10.6 Å². The van der Waals surface area contributed by atoms with Gasteiger partial charge in [-0.05, 0) is 44.2 Å². The molecule has 0 spiro atoms. The molecule has 1 aromatic rings. The van der Waals surface area contributed by atoms with Crippen LogP contribution in [0.5, 0.6) is 0 Å². The van der Waals surface area contributed by atoms with Crippen LogP contribution in [0.4, 0.5) is 0 Å². The van der Waals surface area contributed by atoms with E-state index in [-0.39, 0.29) is 11.8 Å². The molecule has 0 aliphatic carbocycles. The number of piperidine rings is 1. The van der Waals surface area contributed by atoms with E-state index in [9.17, 15) is 9.59 Å². The first kappa shape index (κ1) is 17.9. The molecular weight excluding hydrogens is 310 g/mol. The van der Waals surface area contributed by atoms with Crippen LogP contribution in [-0.2, 0) is 4.79 Å². The van der Waals surface area contributed by atoms with Gasteiger partial charge in [-0.1, -0.05) is 12.5 Å². The van der Waals surface area contributed by atoms with Crippen molar-refractivity contribution in [1.82, 2.24) is 15.5 Å². The predicted molar refractivity (Wildman–Crippen MR) is 93.8 cm³/mol. The molecule has 1 saturated heterocycles. The van der Waals surface area contributed by atoms with Crippen molar-refractivity contribution in [3.8, 4) is 0 Å². The molecule has 1 atom stereocenters. The normalized spacial score (nSPS) is 18.6. The second-order valence-corrected chi connectivity index (χ2v) is 7.02. The standard InChI is InChI=1S/C17H27N3O2S/c1-14-6-2-3-11-20(14)12-5-9-18-16(21)8-10-19-17(22)15-7-4-13-23-15/h4,7,13-14H,2-3,5-6,8-12H2,1H3,(H,18,21)(H,19,22). The van der Waals surface area contributed by atoms with Crippen molar-refractivity contribution < 1.29 is 9.59 Å². The Kier molecular flexibility index (Phi) is 7.55. The van der Waals surface area contributed by atoms with E-state index in [4.69, 9.17) is 0 Å². The summed E-state index contributed by atoms with van der Waals surface area (Å²) in [7, 11) is 0. The molecule has 1 aliphatic heterocycles. The molecule has 0 bridgehead atoms.